The summed E-state index contributed by atoms with van der Waals surface area (Å²) in [6.07, 6.45) is 4.73. The highest BCUT2D eigenvalue weighted by Gasteiger charge is 2.42. The topological polar surface area (TPSA) is 28.7 Å². The second-order valence-electron chi connectivity index (χ2n) is 4.95. The van der Waals surface area contributed by atoms with Gasteiger partial charge in [0.2, 0.25) is 0 Å². The third kappa shape index (κ3) is 1.70. The fraction of sp³-hybridized carbons (Fsp3) is 0.357. The minimum atomic E-state index is -0.175. The molecule has 0 N–H and O–H groups in total. The molecule has 0 atom stereocenters. The van der Waals surface area contributed by atoms with Crippen molar-refractivity contribution in [2.75, 3.05) is 0 Å². The predicted octanol–water partition coefficient (Wildman–Crippen LogP) is 3.47. The van der Waals surface area contributed by atoms with Gasteiger partial charge in [-0.3, -0.25) is 0 Å². The summed E-state index contributed by atoms with van der Waals surface area (Å²) in [6, 6.07) is 9.21. The Balaban J connectivity index is 1.97. The summed E-state index contributed by atoms with van der Waals surface area (Å²) in [5.41, 5.74) is 1.07. The number of rotatable bonds is 3. The Morgan fingerprint density at radius 2 is 2.18 bits per heavy atom. The van der Waals surface area contributed by atoms with E-state index in [1.54, 1.807) is 6.07 Å². The van der Waals surface area contributed by atoms with Crippen molar-refractivity contribution >= 4 is 10.9 Å². The molecule has 1 aliphatic rings. The van der Waals surface area contributed by atoms with E-state index < -0.39 is 0 Å². The maximum Gasteiger partial charge on any atom is 0.132 e. The molecule has 2 nitrogen and oxygen atoms in total. The van der Waals surface area contributed by atoms with Gasteiger partial charge >= 0.3 is 0 Å². The largest absolute Gasteiger partial charge is 0.347 e. The molecule has 1 aromatic heterocycles. The Labute approximate surface area is 99.3 Å². The molecule has 3 heteroatoms. The van der Waals surface area contributed by atoms with Crippen molar-refractivity contribution in [3.8, 4) is 6.07 Å². The van der Waals surface area contributed by atoms with E-state index >= 15 is 0 Å². The minimum Gasteiger partial charge on any atom is -0.347 e. The van der Waals surface area contributed by atoms with Crippen LogP contribution in [0.5, 0.6) is 0 Å². The standard InChI is InChI=1S/C14H13FN2/c15-12-2-1-3-13-11(12)4-9-17(13)10-14(5-6-14)7-8-16/h1-4,9H,5-7,10H2. The van der Waals surface area contributed by atoms with Crippen LogP contribution in [0.15, 0.2) is 30.5 Å². The van der Waals surface area contributed by atoms with Gasteiger partial charge in [-0.2, -0.15) is 5.26 Å². The molecule has 1 fully saturated rings. The van der Waals surface area contributed by atoms with E-state index in [0.29, 0.717) is 11.8 Å². The van der Waals surface area contributed by atoms with Crippen LogP contribution in [0, 0.1) is 22.6 Å². The second-order valence-corrected chi connectivity index (χ2v) is 4.95. The van der Waals surface area contributed by atoms with E-state index in [9.17, 15) is 4.39 Å². The zero-order valence-corrected chi connectivity index (χ0v) is 9.49. The number of hydrogen-bond donors (Lipinski definition) is 0. The van der Waals surface area contributed by atoms with Crippen molar-refractivity contribution in [1.82, 2.24) is 4.57 Å². The Hall–Kier alpha value is -1.82. The fourth-order valence-electron chi connectivity index (χ4n) is 2.42. The van der Waals surface area contributed by atoms with Crippen LogP contribution in [0.25, 0.3) is 10.9 Å². The predicted molar refractivity (Wildman–Crippen MR) is 63.8 cm³/mol. The Kier molecular flexibility index (Phi) is 2.19. The van der Waals surface area contributed by atoms with E-state index in [1.165, 1.54) is 6.07 Å². The van der Waals surface area contributed by atoms with Gasteiger partial charge in [0.05, 0.1) is 11.6 Å². The van der Waals surface area contributed by atoms with Crippen LogP contribution in [-0.4, -0.2) is 4.57 Å². The molecule has 2 aromatic rings. The molecule has 86 valence electrons. The summed E-state index contributed by atoms with van der Waals surface area (Å²) in [6.45, 7) is 0.827. The van der Waals surface area contributed by atoms with Crippen molar-refractivity contribution in [3.63, 3.8) is 0 Å². The van der Waals surface area contributed by atoms with Crippen molar-refractivity contribution in [1.29, 1.82) is 5.26 Å². The lowest BCUT2D eigenvalue weighted by atomic mass is 10.0. The van der Waals surface area contributed by atoms with Crippen LogP contribution in [0.3, 0.4) is 0 Å². The zero-order valence-electron chi connectivity index (χ0n) is 9.49. The van der Waals surface area contributed by atoms with Crippen LogP contribution < -0.4 is 0 Å². The minimum absolute atomic E-state index is 0.146. The molecule has 17 heavy (non-hydrogen) atoms. The van der Waals surface area contributed by atoms with E-state index in [2.05, 4.69) is 10.6 Å². The van der Waals surface area contributed by atoms with Crippen LogP contribution in [-0.2, 0) is 6.54 Å². The lowest BCUT2D eigenvalue weighted by Gasteiger charge is -2.13. The average Bonchev–Trinajstić information content (AvgIpc) is 2.93. The number of hydrogen-bond acceptors (Lipinski definition) is 1. The highest BCUT2D eigenvalue weighted by Crippen LogP contribution is 2.50. The summed E-state index contributed by atoms with van der Waals surface area (Å²) in [5, 5.41) is 9.48. The van der Waals surface area contributed by atoms with Crippen LogP contribution in [0.4, 0.5) is 4.39 Å². The third-order valence-electron chi connectivity index (χ3n) is 3.68. The zero-order chi connectivity index (χ0) is 11.9. The van der Waals surface area contributed by atoms with E-state index in [0.717, 1.165) is 24.9 Å². The molecule has 0 radical (unpaired) electrons. The molecular formula is C14H13FN2. The molecule has 1 saturated carbocycles. The lowest BCUT2D eigenvalue weighted by Crippen LogP contribution is -2.10. The fourth-order valence-corrected chi connectivity index (χ4v) is 2.42. The monoisotopic (exact) mass is 228 g/mol. The first-order valence-corrected chi connectivity index (χ1v) is 5.84. The molecule has 1 aromatic carbocycles. The van der Waals surface area contributed by atoms with Crippen molar-refractivity contribution < 1.29 is 4.39 Å². The maximum absolute atomic E-state index is 13.5. The second kappa shape index (κ2) is 3.59. The van der Waals surface area contributed by atoms with Gasteiger partial charge in [0.25, 0.3) is 0 Å². The number of nitrogens with zero attached hydrogens (tertiary/aromatic N) is 2. The summed E-state index contributed by atoms with van der Waals surface area (Å²) < 4.78 is 15.6. The first-order chi connectivity index (χ1) is 8.24. The van der Waals surface area contributed by atoms with E-state index in [1.807, 2.05) is 18.3 Å². The summed E-state index contributed by atoms with van der Waals surface area (Å²) in [5.74, 6) is -0.175. The Morgan fingerprint density at radius 1 is 1.35 bits per heavy atom. The molecule has 0 spiro atoms. The Morgan fingerprint density at radius 3 is 2.88 bits per heavy atom. The van der Waals surface area contributed by atoms with Crippen LogP contribution >= 0.6 is 0 Å². The van der Waals surface area contributed by atoms with E-state index in [-0.39, 0.29) is 11.2 Å². The van der Waals surface area contributed by atoms with Gasteiger partial charge in [-0.1, -0.05) is 6.07 Å². The summed E-state index contributed by atoms with van der Waals surface area (Å²) in [4.78, 5) is 0. The van der Waals surface area contributed by atoms with Crippen molar-refractivity contribution in [3.05, 3.63) is 36.3 Å². The van der Waals surface area contributed by atoms with Gasteiger partial charge in [-0.15, -0.1) is 0 Å². The number of nitriles is 1. The van der Waals surface area contributed by atoms with E-state index in [4.69, 9.17) is 5.26 Å². The molecule has 0 bridgehead atoms. The highest BCUT2D eigenvalue weighted by atomic mass is 19.1. The van der Waals surface area contributed by atoms with Crippen LogP contribution in [0.1, 0.15) is 19.3 Å². The third-order valence-corrected chi connectivity index (χ3v) is 3.68. The summed E-state index contributed by atoms with van der Waals surface area (Å²) >= 11 is 0. The molecule has 0 unspecified atom stereocenters. The lowest BCUT2D eigenvalue weighted by molar-refractivity contribution is 0.439. The van der Waals surface area contributed by atoms with Gasteiger partial charge in [0, 0.05) is 30.0 Å². The summed E-state index contributed by atoms with van der Waals surface area (Å²) in [7, 11) is 0. The first-order valence-electron chi connectivity index (χ1n) is 5.84. The van der Waals surface area contributed by atoms with Gasteiger partial charge in [0.15, 0.2) is 0 Å². The van der Waals surface area contributed by atoms with Crippen LogP contribution in [0.2, 0.25) is 0 Å². The molecule has 0 aliphatic heterocycles. The van der Waals surface area contributed by atoms with Gasteiger partial charge in [-0.25, -0.2) is 4.39 Å². The molecule has 1 heterocycles. The highest BCUT2D eigenvalue weighted by molar-refractivity contribution is 5.80. The number of aromatic nitrogens is 1. The van der Waals surface area contributed by atoms with Gasteiger partial charge in [0.1, 0.15) is 5.82 Å². The smallest absolute Gasteiger partial charge is 0.132 e. The Bertz CT molecular complexity index is 602. The quantitative estimate of drug-likeness (QED) is 0.790. The van der Waals surface area contributed by atoms with Gasteiger partial charge < -0.3 is 4.57 Å². The molecular weight excluding hydrogens is 215 g/mol. The molecule has 1 aliphatic carbocycles. The van der Waals surface area contributed by atoms with Gasteiger partial charge in [-0.05, 0) is 31.0 Å². The molecule has 0 amide bonds. The average molecular weight is 228 g/mol. The molecule has 0 saturated heterocycles. The maximum atomic E-state index is 13.5. The first kappa shape index (κ1) is 10.3. The van der Waals surface area contributed by atoms with Crippen molar-refractivity contribution in [2.45, 2.75) is 25.8 Å². The number of halogens is 1. The molecule has 3 rings (SSSR count). The normalized spacial score (nSPS) is 16.9. The SMILES string of the molecule is N#CCC1(Cn2ccc3c(F)cccc32)CC1. The van der Waals surface area contributed by atoms with Crippen molar-refractivity contribution in [2.24, 2.45) is 5.41 Å². The number of fused-ring (bicyclic) bond motifs is 1. The number of benzene rings is 1.